The molecule has 42 heavy (non-hydrogen) atoms. The number of aliphatic hydroxyl groups excluding tert-OH is 1. The van der Waals surface area contributed by atoms with Crippen LogP contribution in [0, 0.1) is 17.8 Å². The number of carbonyl (C=O) groups is 3. The van der Waals surface area contributed by atoms with Crippen molar-refractivity contribution in [3.63, 3.8) is 0 Å². The third kappa shape index (κ3) is 5.11. The second-order valence-corrected chi connectivity index (χ2v) is 12.6. The van der Waals surface area contributed by atoms with Crippen molar-refractivity contribution in [2.75, 3.05) is 19.7 Å². The fourth-order valence-electron chi connectivity index (χ4n) is 7.72. The van der Waals surface area contributed by atoms with E-state index in [9.17, 15) is 19.5 Å². The Bertz CT molecular complexity index is 1170. The van der Waals surface area contributed by atoms with Crippen molar-refractivity contribution in [2.45, 2.75) is 96.2 Å². The van der Waals surface area contributed by atoms with Crippen molar-refractivity contribution in [1.29, 1.82) is 0 Å². The molecule has 3 heterocycles. The monoisotopic (exact) mass is 579 g/mol. The summed E-state index contributed by atoms with van der Waals surface area (Å²) in [4.78, 5) is 49.0. The molecule has 0 saturated carbocycles. The van der Waals surface area contributed by atoms with Gasteiger partial charge in [-0.1, -0.05) is 69.7 Å². The van der Waals surface area contributed by atoms with Crippen LogP contribution in [-0.4, -0.2) is 86.6 Å². The van der Waals surface area contributed by atoms with Gasteiger partial charge in [-0.3, -0.25) is 14.4 Å². The lowest BCUT2D eigenvalue weighted by atomic mass is 9.64. The lowest BCUT2D eigenvalue weighted by Crippen LogP contribution is -2.60. The number of nitrogens with zero attached hydrogens (tertiary/aromatic N) is 3. The summed E-state index contributed by atoms with van der Waals surface area (Å²) < 4.78 is 6.99. The van der Waals surface area contributed by atoms with Crippen molar-refractivity contribution in [2.24, 2.45) is 17.8 Å². The molecule has 3 aliphatic rings. The molecule has 1 aromatic carbocycles. The van der Waals surface area contributed by atoms with E-state index in [4.69, 9.17) is 4.74 Å². The largest absolute Gasteiger partial charge is 0.394 e. The van der Waals surface area contributed by atoms with Crippen LogP contribution < -0.4 is 0 Å². The van der Waals surface area contributed by atoms with Crippen molar-refractivity contribution in [3.05, 3.63) is 61.2 Å². The van der Waals surface area contributed by atoms with E-state index in [1.807, 2.05) is 65.0 Å². The van der Waals surface area contributed by atoms with Crippen LogP contribution in [0.1, 0.15) is 65.9 Å². The molecular formula is C34H49N3O5. The number of benzene rings is 1. The zero-order valence-corrected chi connectivity index (χ0v) is 26.0. The number of aliphatic hydroxyl groups is 1. The molecule has 3 fully saturated rings. The average molecular weight is 580 g/mol. The molecule has 3 amide bonds. The fraction of sp³-hybridized carbons (Fsp3) is 0.618. The molecule has 0 aromatic heterocycles. The number of rotatable bonds is 14. The molecule has 1 spiro atoms. The van der Waals surface area contributed by atoms with Crippen LogP contribution in [0.5, 0.6) is 0 Å². The summed E-state index contributed by atoms with van der Waals surface area (Å²) in [7, 11) is 0. The summed E-state index contributed by atoms with van der Waals surface area (Å²) in [5.41, 5.74) is -1.00. The Morgan fingerprint density at radius 2 is 1.76 bits per heavy atom. The van der Waals surface area contributed by atoms with E-state index >= 15 is 0 Å². The Morgan fingerprint density at radius 3 is 2.31 bits per heavy atom. The first kappa shape index (κ1) is 32.0. The van der Waals surface area contributed by atoms with Gasteiger partial charge in [0.15, 0.2) is 0 Å². The maximum Gasteiger partial charge on any atom is 0.248 e. The molecule has 4 rings (SSSR count). The van der Waals surface area contributed by atoms with Crippen LogP contribution >= 0.6 is 0 Å². The molecule has 2 unspecified atom stereocenters. The van der Waals surface area contributed by atoms with E-state index in [1.165, 1.54) is 0 Å². The number of fused-ring (bicyclic) bond motifs is 1. The molecule has 1 N–H and O–H groups in total. The lowest BCUT2D eigenvalue weighted by Gasteiger charge is -2.42. The standard InChI is InChI=1S/C34H49N3O5/c1-8-19-35(21-25-15-13-12-14-16-25)30(39)27-28-31(40)37(26(22-38)24(7)10-3)29(32(41)36(20-9-2)23(5)6)34(28)18-17-33(27,11-4)42-34/h8-9,12-16,23-24,26-29,38H,1-2,10-11,17-22H2,3-7H3/t24-,26-,27-,28-,29?,33+,34?/m0/s1. The van der Waals surface area contributed by atoms with Gasteiger partial charge in [-0.25, -0.2) is 0 Å². The Hall–Kier alpha value is -2.97. The van der Waals surface area contributed by atoms with Crippen LogP contribution in [0.15, 0.2) is 55.6 Å². The minimum atomic E-state index is -1.15. The molecular weight excluding hydrogens is 530 g/mol. The van der Waals surface area contributed by atoms with Gasteiger partial charge in [-0.2, -0.15) is 0 Å². The number of hydrogen-bond donors (Lipinski definition) is 1. The predicted octanol–water partition coefficient (Wildman–Crippen LogP) is 4.19. The van der Waals surface area contributed by atoms with Crippen LogP contribution in [0.4, 0.5) is 0 Å². The Balaban J connectivity index is 1.85. The van der Waals surface area contributed by atoms with E-state index in [1.54, 1.807) is 26.9 Å². The molecule has 0 radical (unpaired) electrons. The highest BCUT2D eigenvalue weighted by molar-refractivity contribution is 5.99. The first-order chi connectivity index (χ1) is 20.1. The molecule has 7 atom stereocenters. The normalized spacial score (nSPS) is 29.4. The summed E-state index contributed by atoms with van der Waals surface area (Å²) in [5.74, 6) is -2.23. The van der Waals surface area contributed by atoms with E-state index in [0.29, 0.717) is 38.9 Å². The predicted molar refractivity (Wildman–Crippen MR) is 163 cm³/mol. The highest BCUT2D eigenvalue weighted by atomic mass is 16.5. The smallest absolute Gasteiger partial charge is 0.248 e. The van der Waals surface area contributed by atoms with Crippen LogP contribution in [0.2, 0.25) is 0 Å². The van der Waals surface area contributed by atoms with Crippen molar-refractivity contribution in [1.82, 2.24) is 14.7 Å². The summed E-state index contributed by atoms with van der Waals surface area (Å²) in [5, 5.41) is 10.6. The molecule has 230 valence electrons. The van der Waals surface area contributed by atoms with Crippen molar-refractivity contribution < 1.29 is 24.2 Å². The van der Waals surface area contributed by atoms with Gasteiger partial charge in [0, 0.05) is 25.7 Å². The Kier molecular flexibility index (Phi) is 9.68. The number of carbonyl (C=O) groups excluding carboxylic acids is 3. The van der Waals surface area contributed by atoms with Gasteiger partial charge in [0.1, 0.15) is 11.6 Å². The topological polar surface area (TPSA) is 90.4 Å². The first-order valence-electron chi connectivity index (χ1n) is 15.6. The number of hydrogen-bond acceptors (Lipinski definition) is 5. The number of likely N-dealkylation sites (tertiary alicyclic amines) is 1. The highest BCUT2D eigenvalue weighted by Crippen LogP contribution is 2.65. The number of ether oxygens (including phenoxy) is 1. The van der Waals surface area contributed by atoms with Crippen molar-refractivity contribution >= 4 is 17.7 Å². The zero-order chi connectivity index (χ0) is 30.8. The van der Waals surface area contributed by atoms with Crippen LogP contribution in [0.3, 0.4) is 0 Å². The van der Waals surface area contributed by atoms with Gasteiger partial charge in [0.2, 0.25) is 17.7 Å². The van der Waals surface area contributed by atoms with E-state index in [-0.39, 0.29) is 36.3 Å². The summed E-state index contributed by atoms with van der Waals surface area (Å²) in [6.45, 7) is 18.4. The third-order valence-corrected chi connectivity index (χ3v) is 10.1. The maximum absolute atomic E-state index is 14.7. The van der Waals surface area contributed by atoms with Crippen molar-refractivity contribution in [3.8, 4) is 0 Å². The number of amides is 3. The summed E-state index contributed by atoms with van der Waals surface area (Å²) >= 11 is 0. The molecule has 3 saturated heterocycles. The van der Waals surface area contributed by atoms with Gasteiger partial charge in [0.05, 0.1) is 30.1 Å². The minimum Gasteiger partial charge on any atom is -0.394 e. The van der Waals surface area contributed by atoms with E-state index < -0.39 is 35.1 Å². The van der Waals surface area contributed by atoms with E-state index in [0.717, 1.165) is 12.0 Å². The SMILES string of the molecule is C=CCN(Cc1ccccc1)C(=O)[C@@H]1[C@H]2C(=O)N([C@@H](CO)[C@@H](C)CC)C(C(=O)N(CC=C)C(C)C)C23CC[C@@]1(CC)O3. The quantitative estimate of drug-likeness (QED) is 0.334. The van der Waals surface area contributed by atoms with Crippen LogP contribution in [-0.2, 0) is 25.7 Å². The highest BCUT2D eigenvalue weighted by Gasteiger charge is 2.79. The van der Waals surface area contributed by atoms with Gasteiger partial charge in [0.25, 0.3) is 0 Å². The Morgan fingerprint density at radius 1 is 1.10 bits per heavy atom. The van der Waals surface area contributed by atoms with E-state index in [2.05, 4.69) is 13.2 Å². The van der Waals surface area contributed by atoms with Gasteiger partial charge >= 0.3 is 0 Å². The maximum atomic E-state index is 14.7. The molecule has 8 heteroatoms. The molecule has 1 aromatic rings. The average Bonchev–Trinajstić information content (AvgIpc) is 3.59. The minimum absolute atomic E-state index is 0.0572. The second-order valence-electron chi connectivity index (χ2n) is 12.6. The summed E-state index contributed by atoms with van der Waals surface area (Å²) in [6, 6.07) is 8.14. The molecule has 3 aliphatic heterocycles. The third-order valence-electron chi connectivity index (χ3n) is 10.1. The molecule has 2 bridgehead atoms. The Labute approximate surface area is 251 Å². The second kappa shape index (κ2) is 12.7. The lowest BCUT2D eigenvalue weighted by molar-refractivity contribution is -0.160. The first-order valence-corrected chi connectivity index (χ1v) is 15.6. The zero-order valence-electron chi connectivity index (χ0n) is 26.0. The van der Waals surface area contributed by atoms with Gasteiger partial charge in [-0.15, -0.1) is 13.2 Å². The molecule has 0 aliphatic carbocycles. The fourth-order valence-corrected chi connectivity index (χ4v) is 7.72. The molecule has 8 nitrogen and oxygen atoms in total. The van der Waals surface area contributed by atoms with Gasteiger partial charge in [-0.05, 0) is 44.6 Å². The summed E-state index contributed by atoms with van der Waals surface area (Å²) in [6.07, 6.45) is 5.77. The van der Waals surface area contributed by atoms with Crippen LogP contribution in [0.25, 0.3) is 0 Å². The van der Waals surface area contributed by atoms with Gasteiger partial charge < -0.3 is 24.5 Å².